The van der Waals surface area contributed by atoms with Gasteiger partial charge >= 0.3 is 12.2 Å². The summed E-state index contributed by atoms with van der Waals surface area (Å²) in [5.41, 5.74) is 7.07. The van der Waals surface area contributed by atoms with Gasteiger partial charge in [-0.2, -0.15) is 0 Å². The summed E-state index contributed by atoms with van der Waals surface area (Å²) in [5, 5.41) is 10.8. The standard InChI is InChI=1S/C48H56N8O6/c1-27(2)39(53-46(59)61-5)43(57)55-48(22-8-7-9-23-48)45-50-35-20-17-32(26-37(35)51-45)30-14-12-29(13-15-30)31-16-19-34-33(25-31)18-21-36-41(34)52-42(49-36)38-11-10-24-56(38)44(58)40(28(3)4)54-47(60)62-6/h12-21,25-28,38-40H,7-11,22-24H2,1-6H3,(H,49,52)(H,50,51)(H,53,59)(H,54,60)(H,55,57)/t38-,39-,40-/m0/s1. The van der Waals surface area contributed by atoms with E-state index in [-0.39, 0.29) is 29.7 Å². The molecular weight excluding hydrogens is 785 g/mol. The van der Waals surface area contributed by atoms with Crippen LogP contribution in [0.25, 0.3) is 55.1 Å². The average molecular weight is 841 g/mol. The second-order valence-electron chi connectivity index (χ2n) is 17.5. The van der Waals surface area contributed by atoms with Crippen LogP contribution in [0.4, 0.5) is 9.59 Å². The van der Waals surface area contributed by atoms with Crippen LogP contribution in [0.3, 0.4) is 0 Å². The molecule has 3 atom stereocenters. The fourth-order valence-electron chi connectivity index (χ4n) is 9.23. The lowest BCUT2D eigenvalue weighted by Gasteiger charge is -2.38. The molecule has 4 amide bonds. The first kappa shape index (κ1) is 42.3. The molecule has 2 fully saturated rings. The number of rotatable bonds is 11. The number of benzene rings is 4. The van der Waals surface area contributed by atoms with E-state index in [1.54, 1.807) is 0 Å². The molecule has 324 valence electrons. The first-order chi connectivity index (χ1) is 29.9. The lowest BCUT2D eigenvalue weighted by Crippen LogP contribution is -2.56. The van der Waals surface area contributed by atoms with Crippen molar-refractivity contribution < 1.29 is 28.7 Å². The molecule has 8 rings (SSSR count). The summed E-state index contributed by atoms with van der Waals surface area (Å²) >= 11 is 0. The van der Waals surface area contributed by atoms with Crippen LogP contribution in [0, 0.1) is 11.8 Å². The topological polar surface area (TPSA) is 183 Å². The van der Waals surface area contributed by atoms with E-state index in [1.165, 1.54) is 14.2 Å². The van der Waals surface area contributed by atoms with Gasteiger partial charge < -0.3 is 40.3 Å². The minimum absolute atomic E-state index is 0.111. The summed E-state index contributed by atoms with van der Waals surface area (Å²) in [4.78, 5) is 70.5. The number of carbonyl (C=O) groups is 4. The van der Waals surface area contributed by atoms with Crippen molar-refractivity contribution in [1.82, 2.24) is 40.8 Å². The van der Waals surface area contributed by atoms with Gasteiger partial charge in [-0.25, -0.2) is 19.6 Å². The number of likely N-dealkylation sites (tertiary alicyclic amines) is 1. The van der Waals surface area contributed by atoms with E-state index < -0.39 is 29.8 Å². The molecule has 14 heteroatoms. The highest BCUT2D eigenvalue weighted by Gasteiger charge is 2.41. The molecule has 1 saturated heterocycles. The summed E-state index contributed by atoms with van der Waals surface area (Å²) in [6, 6.07) is 23.6. The van der Waals surface area contributed by atoms with Crippen molar-refractivity contribution in [2.75, 3.05) is 20.8 Å². The van der Waals surface area contributed by atoms with Gasteiger partial charge in [0.15, 0.2) is 0 Å². The Hall–Kier alpha value is -6.44. The Morgan fingerprint density at radius 3 is 2.00 bits per heavy atom. The maximum absolute atomic E-state index is 13.7. The molecule has 62 heavy (non-hydrogen) atoms. The Morgan fingerprint density at radius 1 is 0.710 bits per heavy atom. The van der Waals surface area contributed by atoms with Crippen LogP contribution in [-0.2, 0) is 24.6 Å². The van der Waals surface area contributed by atoms with Crippen LogP contribution in [0.5, 0.6) is 0 Å². The van der Waals surface area contributed by atoms with Gasteiger partial charge in [0.2, 0.25) is 11.8 Å². The van der Waals surface area contributed by atoms with Crippen molar-refractivity contribution in [1.29, 1.82) is 0 Å². The number of aromatic amines is 2. The van der Waals surface area contributed by atoms with E-state index >= 15 is 0 Å². The molecule has 14 nitrogen and oxygen atoms in total. The van der Waals surface area contributed by atoms with Gasteiger partial charge in [0.05, 0.1) is 47.9 Å². The number of fused-ring (bicyclic) bond motifs is 4. The van der Waals surface area contributed by atoms with Gasteiger partial charge in [-0.1, -0.05) is 95.5 Å². The van der Waals surface area contributed by atoms with Crippen LogP contribution in [0.2, 0.25) is 0 Å². The van der Waals surface area contributed by atoms with E-state index in [4.69, 9.17) is 19.4 Å². The quantitative estimate of drug-likeness (QED) is 0.0859. The molecule has 1 saturated carbocycles. The number of methoxy groups -OCH3 is 2. The number of ether oxygens (including phenoxy) is 2. The molecule has 1 aliphatic carbocycles. The van der Waals surface area contributed by atoms with Gasteiger partial charge in [-0.05, 0) is 89.4 Å². The smallest absolute Gasteiger partial charge is 0.407 e. The second-order valence-corrected chi connectivity index (χ2v) is 17.5. The highest BCUT2D eigenvalue weighted by atomic mass is 16.5. The zero-order valence-corrected chi connectivity index (χ0v) is 36.3. The number of hydrogen-bond donors (Lipinski definition) is 5. The number of H-pyrrole nitrogens is 2. The second kappa shape index (κ2) is 17.5. The maximum Gasteiger partial charge on any atom is 0.407 e. The van der Waals surface area contributed by atoms with Gasteiger partial charge in [0.1, 0.15) is 23.7 Å². The number of amides is 4. The molecule has 0 unspecified atom stereocenters. The molecular formula is C48H56N8O6. The van der Waals surface area contributed by atoms with Crippen molar-refractivity contribution in [3.8, 4) is 22.3 Å². The summed E-state index contributed by atoms with van der Waals surface area (Å²) < 4.78 is 9.59. The fraction of sp³-hybridized carbons (Fsp3) is 0.417. The Labute approximate surface area is 360 Å². The number of imidazole rings is 2. The van der Waals surface area contributed by atoms with Crippen molar-refractivity contribution in [3.63, 3.8) is 0 Å². The van der Waals surface area contributed by atoms with E-state index in [1.807, 2.05) is 44.7 Å². The van der Waals surface area contributed by atoms with E-state index in [9.17, 15) is 19.2 Å². The Bertz CT molecular complexity index is 2630. The average Bonchev–Trinajstić information content (AvgIpc) is 4.06. The highest BCUT2D eigenvalue weighted by Crippen LogP contribution is 2.39. The molecule has 6 aromatic rings. The Kier molecular flexibility index (Phi) is 11.9. The number of alkyl carbamates (subject to hydrolysis) is 2. The Balaban J connectivity index is 1.01. The van der Waals surface area contributed by atoms with Gasteiger partial charge in [0.25, 0.3) is 0 Å². The van der Waals surface area contributed by atoms with Crippen molar-refractivity contribution >= 4 is 56.8 Å². The van der Waals surface area contributed by atoms with Crippen LogP contribution < -0.4 is 16.0 Å². The van der Waals surface area contributed by atoms with Crippen LogP contribution >= 0.6 is 0 Å². The van der Waals surface area contributed by atoms with Gasteiger partial charge in [0, 0.05) is 11.9 Å². The monoisotopic (exact) mass is 840 g/mol. The minimum Gasteiger partial charge on any atom is -0.453 e. The molecule has 2 aliphatic rings. The number of hydrogen-bond acceptors (Lipinski definition) is 8. The molecule has 3 heterocycles. The highest BCUT2D eigenvalue weighted by molar-refractivity contribution is 6.05. The number of nitrogens with one attached hydrogen (secondary N) is 5. The largest absolute Gasteiger partial charge is 0.453 e. The number of aromatic nitrogens is 4. The van der Waals surface area contributed by atoms with Crippen molar-refractivity contribution in [2.45, 2.75) is 96.3 Å². The summed E-state index contributed by atoms with van der Waals surface area (Å²) in [7, 11) is 2.59. The minimum atomic E-state index is -0.744. The number of nitrogens with zero attached hydrogens (tertiary/aromatic N) is 3. The third-order valence-corrected chi connectivity index (χ3v) is 12.7. The van der Waals surface area contributed by atoms with Crippen LogP contribution in [0.15, 0.2) is 72.8 Å². The predicted octanol–water partition coefficient (Wildman–Crippen LogP) is 8.63. The fourth-order valence-corrected chi connectivity index (χ4v) is 9.23. The normalized spacial score (nSPS) is 17.4. The van der Waals surface area contributed by atoms with Crippen molar-refractivity contribution in [3.05, 3.63) is 84.4 Å². The first-order valence-electron chi connectivity index (χ1n) is 21.7. The third kappa shape index (κ3) is 8.29. The van der Waals surface area contributed by atoms with Gasteiger partial charge in [-0.15, -0.1) is 0 Å². The molecule has 1 aliphatic heterocycles. The summed E-state index contributed by atoms with van der Waals surface area (Å²) in [6.07, 6.45) is 4.86. The van der Waals surface area contributed by atoms with E-state index in [0.717, 1.165) is 112 Å². The zero-order chi connectivity index (χ0) is 43.7. The molecule has 2 aromatic heterocycles. The summed E-state index contributed by atoms with van der Waals surface area (Å²) in [6.45, 7) is 8.21. The lowest BCUT2D eigenvalue weighted by molar-refractivity contribution is -0.135. The van der Waals surface area contributed by atoms with Crippen molar-refractivity contribution in [2.24, 2.45) is 11.8 Å². The van der Waals surface area contributed by atoms with Gasteiger partial charge in [-0.3, -0.25) is 9.59 Å². The summed E-state index contributed by atoms with van der Waals surface area (Å²) in [5.74, 6) is 0.836. The van der Waals surface area contributed by atoms with E-state index in [0.29, 0.717) is 6.54 Å². The molecule has 0 spiro atoms. The zero-order valence-electron chi connectivity index (χ0n) is 36.3. The van der Waals surface area contributed by atoms with Crippen LogP contribution in [0.1, 0.15) is 90.3 Å². The Morgan fingerprint density at radius 2 is 1.34 bits per heavy atom. The first-order valence-corrected chi connectivity index (χ1v) is 21.7. The number of carbonyl (C=O) groups excluding carboxylic acids is 4. The van der Waals surface area contributed by atoms with E-state index in [2.05, 4.69) is 86.6 Å². The molecule has 5 N–H and O–H groups in total. The van der Waals surface area contributed by atoms with Crippen LogP contribution in [-0.4, -0.2) is 81.7 Å². The SMILES string of the molecule is COC(=O)N[C@H](C(=O)NC1(c2nc3ccc(-c4ccc(-c5ccc6c(ccc7[nH]c([C@@H]8CCCN8C(=O)[C@@H](NC(=O)OC)C(C)C)nc76)c5)cc4)cc3[nH]2)CCCCC1)C(C)C. The predicted molar refractivity (Wildman–Crippen MR) is 239 cm³/mol. The lowest BCUT2D eigenvalue weighted by atomic mass is 9.80. The maximum atomic E-state index is 13.7. The molecule has 0 bridgehead atoms. The molecule has 0 radical (unpaired) electrons. The third-order valence-electron chi connectivity index (χ3n) is 12.7. The molecule has 4 aromatic carbocycles.